The zero-order valence-electron chi connectivity index (χ0n) is 21.2. The summed E-state index contributed by atoms with van der Waals surface area (Å²) in [5.74, 6) is 0.588. The number of hydrogen-bond acceptors (Lipinski definition) is 5. The predicted molar refractivity (Wildman–Crippen MR) is 137 cm³/mol. The molecule has 0 bridgehead atoms. The van der Waals surface area contributed by atoms with Crippen molar-refractivity contribution < 1.29 is 14.5 Å². The molecule has 1 N–H and O–H groups in total. The smallest absolute Gasteiger partial charge is 0.278 e. The zero-order chi connectivity index (χ0) is 25.4. The zero-order valence-corrected chi connectivity index (χ0v) is 21.2. The Morgan fingerprint density at radius 1 is 1.09 bits per heavy atom. The molecule has 2 aromatic rings. The lowest BCUT2D eigenvalue weighted by Gasteiger charge is -2.30. The summed E-state index contributed by atoms with van der Waals surface area (Å²) in [6, 6.07) is 12.7. The third-order valence-electron chi connectivity index (χ3n) is 6.59. The Morgan fingerprint density at radius 2 is 1.76 bits per heavy atom. The number of nitrogens with zero attached hydrogens (tertiary/aromatic N) is 2. The van der Waals surface area contributed by atoms with Gasteiger partial charge in [-0.05, 0) is 47.8 Å². The van der Waals surface area contributed by atoms with Gasteiger partial charge in [-0.15, -0.1) is 0 Å². The quantitative estimate of drug-likeness (QED) is 0.172. The summed E-state index contributed by atoms with van der Waals surface area (Å²) in [6.07, 6.45) is 4.08. The number of nitro benzene ring substituents is 1. The fourth-order valence-corrected chi connectivity index (χ4v) is 3.41. The number of amides is 1. The van der Waals surface area contributed by atoms with Gasteiger partial charge in [0.1, 0.15) is 5.75 Å². The Hall–Kier alpha value is -3.22. The van der Waals surface area contributed by atoms with E-state index in [1.54, 1.807) is 18.2 Å². The van der Waals surface area contributed by atoms with E-state index in [-0.39, 0.29) is 28.8 Å². The third-order valence-corrected chi connectivity index (χ3v) is 6.59. The second kappa shape index (κ2) is 11.8. The molecule has 0 aliphatic rings. The van der Waals surface area contributed by atoms with E-state index in [0.29, 0.717) is 18.6 Å². The first-order chi connectivity index (χ1) is 16.0. The van der Waals surface area contributed by atoms with Crippen LogP contribution in [0.15, 0.2) is 47.6 Å². The van der Waals surface area contributed by atoms with Crippen LogP contribution >= 0.6 is 0 Å². The number of carbonyl (C=O) groups is 1. The number of benzene rings is 2. The maximum absolute atomic E-state index is 12.1. The molecule has 0 atom stereocenters. The molecule has 2 aromatic carbocycles. The molecule has 0 saturated carbocycles. The Bertz CT molecular complexity index is 1030. The summed E-state index contributed by atoms with van der Waals surface area (Å²) in [5.41, 5.74) is 5.25. The molecule has 0 heterocycles. The average molecular weight is 468 g/mol. The van der Waals surface area contributed by atoms with Crippen LogP contribution in [0.5, 0.6) is 5.75 Å². The topological polar surface area (TPSA) is 93.8 Å². The van der Waals surface area contributed by atoms with Crippen LogP contribution < -0.4 is 10.2 Å². The fourth-order valence-electron chi connectivity index (χ4n) is 3.41. The second-order valence-electron chi connectivity index (χ2n) is 9.75. The van der Waals surface area contributed by atoms with Crippen LogP contribution in [0.25, 0.3) is 0 Å². The molecular formula is C27H37N3O4. The van der Waals surface area contributed by atoms with E-state index in [1.165, 1.54) is 23.4 Å². The molecule has 0 aromatic heterocycles. The van der Waals surface area contributed by atoms with Crippen molar-refractivity contribution in [2.75, 3.05) is 6.61 Å². The minimum atomic E-state index is -0.482. The van der Waals surface area contributed by atoms with Gasteiger partial charge in [0.25, 0.3) is 5.69 Å². The molecule has 2 rings (SSSR count). The Kier molecular flexibility index (Phi) is 9.36. The predicted octanol–water partition coefficient (Wildman–Crippen LogP) is 6.28. The molecule has 1 amide bonds. The number of nitro groups is 1. The SMILES string of the molecule is CCC(C)(C)c1ccc(OCCCC(=O)N/N=C\c2ccccc2[N+](=O)[O-])c(C(C)(C)CC)c1. The highest BCUT2D eigenvalue weighted by molar-refractivity contribution is 5.86. The van der Waals surface area contributed by atoms with Gasteiger partial charge in [-0.1, -0.05) is 65.8 Å². The van der Waals surface area contributed by atoms with Gasteiger partial charge in [0.05, 0.1) is 23.3 Å². The standard InChI is InChI=1S/C27H37N3O4/c1-7-26(3,4)21-15-16-24(22(18-21)27(5,6)8-2)34-17-11-14-25(31)29-28-19-20-12-9-10-13-23(20)30(32)33/h9-10,12-13,15-16,18-19H,7-8,11,14,17H2,1-6H3,(H,29,31)/b28-19-. The summed E-state index contributed by atoms with van der Waals surface area (Å²) >= 11 is 0. The molecule has 0 aliphatic carbocycles. The fraction of sp³-hybridized carbons (Fsp3) is 0.481. The minimum absolute atomic E-state index is 0.0265. The van der Waals surface area contributed by atoms with Gasteiger partial charge in [-0.25, -0.2) is 5.43 Å². The molecular weight excluding hydrogens is 430 g/mol. The van der Waals surface area contributed by atoms with Crippen LogP contribution in [0.3, 0.4) is 0 Å². The van der Waals surface area contributed by atoms with Crippen LogP contribution in [0.1, 0.15) is 83.9 Å². The molecule has 7 heteroatoms. The van der Waals surface area contributed by atoms with Crippen molar-refractivity contribution in [3.63, 3.8) is 0 Å². The monoisotopic (exact) mass is 467 g/mol. The van der Waals surface area contributed by atoms with Gasteiger partial charge >= 0.3 is 0 Å². The lowest BCUT2D eigenvalue weighted by atomic mass is 9.76. The van der Waals surface area contributed by atoms with E-state index < -0.39 is 4.92 Å². The molecule has 0 fully saturated rings. The summed E-state index contributed by atoms with van der Waals surface area (Å²) in [6.45, 7) is 13.7. The van der Waals surface area contributed by atoms with E-state index in [0.717, 1.165) is 18.6 Å². The maximum atomic E-state index is 12.1. The molecule has 0 radical (unpaired) electrons. The molecule has 0 aliphatic heterocycles. The van der Waals surface area contributed by atoms with E-state index in [4.69, 9.17) is 4.74 Å². The largest absolute Gasteiger partial charge is 0.493 e. The Labute approximate surface area is 202 Å². The van der Waals surface area contributed by atoms with E-state index >= 15 is 0 Å². The summed E-state index contributed by atoms with van der Waals surface area (Å²) in [7, 11) is 0. The van der Waals surface area contributed by atoms with Gasteiger partial charge in [0.15, 0.2) is 0 Å². The lowest BCUT2D eigenvalue weighted by Crippen LogP contribution is -2.21. The normalized spacial score (nSPS) is 12.1. The lowest BCUT2D eigenvalue weighted by molar-refractivity contribution is -0.385. The van der Waals surface area contributed by atoms with Gasteiger partial charge in [-0.3, -0.25) is 14.9 Å². The highest BCUT2D eigenvalue weighted by atomic mass is 16.6. The molecule has 184 valence electrons. The average Bonchev–Trinajstić information content (AvgIpc) is 2.82. The molecule has 0 unspecified atom stereocenters. The summed E-state index contributed by atoms with van der Waals surface area (Å²) < 4.78 is 6.10. The van der Waals surface area contributed by atoms with Crippen molar-refractivity contribution in [2.24, 2.45) is 5.10 Å². The summed E-state index contributed by atoms with van der Waals surface area (Å²) in [5, 5.41) is 14.9. The highest BCUT2D eigenvalue weighted by Gasteiger charge is 2.26. The minimum Gasteiger partial charge on any atom is -0.493 e. The van der Waals surface area contributed by atoms with Gasteiger partial charge < -0.3 is 4.74 Å². The maximum Gasteiger partial charge on any atom is 0.278 e. The number of carbonyl (C=O) groups excluding carboxylic acids is 1. The Balaban J connectivity index is 1.95. The van der Waals surface area contributed by atoms with Gasteiger partial charge in [0, 0.05) is 18.1 Å². The number of para-hydroxylation sites is 1. The van der Waals surface area contributed by atoms with Gasteiger partial charge in [-0.2, -0.15) is 5.10 Å². The van der Waals surface area contributed by atoms with Crippen LogP contribution in [0, 0.1) is 10.1 Å². The van der Waals surface area contributed by atoms with Gasteiger partial charge in [0.2, 0.25) is 5.91 Å². The number of rotatable bonds is 12. The molecule has 7 nitrogen and oxygen atoms in total. The molecule has 34 heavy (non-hydrogen) atoms. The van der Waals surface area contributed by atoms with Crippen molar-refractivity contribution in [3.8, 4) is 5.75 Å². The van der Waals surface area contributed by atoms with Crippen molar-refractivity contribution in [3.05, 3.63) is 69.3 Å². The molecule has 0 saturated heterocycles. The van der Waals surface area contributed by atoms with E-state index in [1.807, 2.05) is 0 Å². The van der Waals surface area contributed by atoms with Crippen molar-refractivity contribution >= 4 is 17.8 Å². The summed E-state index contributed by atoms with van der Waals surface area (Å²) in [4.78, 5) is 22.7. The highest BCUT2D eigenvalue weighted by Crippen LogP contribution is 2.38. The first kappa shape index (κ1) is 27.0. The number of hydrogen-bond donors (Lipinski definition) is 1. The van der Waals surface area contributed by atoms with E-state index in [2.05, 4.69) is 70.3 Å². The van der Waals surface area contributed by atoms with Crippen LogP contribution in [-0.2, 0) is 15.6 Å². The van der Waals surface area contributed by atoms with Crippen LogP contribution in [0.4, 0.5) is 5.69 Å². The molecule has 0 spiro atoms. The first-order valence-corrected chi connectivity index (χ1v) is 11.8. The van der Waals surface area contributed by atoms with Crippen molar-refractivity contribution in [2.45, 2.75) is 78.1 Å². The number of hydrazone groups is 1. The second-order valence-corrected chi connectivity index (χ2v) is 9.75. The van der Waals surface area contributed by atoms with Crippen LogP contribution in [0.2, 0.25) is 0 Å². The number of ether oxygens (including phenoxy) is 1. The Morgan fingerprint density at radius 3 is 2.41 bits per heavy atom. The van der Waals surface area contributed by atoms with E-state index in [9.17, 15) is 14.9 Å². The van der Waals surface area contributed by atoms with Crippen molar-refractivity contribution in [1.82, 2.24) is 5.43 Å². The van der Waals surface area contributed by atoms with Crippen LogP contribution in [-0.4, -0.2) is 23.7 Å². The van der Waals surface area contributed by atoms with Crippen molar-refractivity contribution in [1.29, 1.82) is 0 Å². The number of nitrogens with one attached hydrogen (secondary N) is 1. The first-order valence-electron chi connectivity index (χ1n) is 11.8. The third kappa shape index (κ3) is 7.14.